The Morgan fingerprint density at radius 3 is 2.59 bits per heavy atom. The van der Waals surface area contributed by atoms with E-state index in [-0.39, 0.29) is 16.0 Å². The molecule has 1 aliphatic carbocycles. The van der Waals surface area contributed by atoms with Gasteiger partial charge in [-0.15, -0.1) is 0 Å². The molecule has 1 aliphatic rings. The van der Waals surface area contributed by atoms with Crippen molar-refractivity contribution < 1.29 is 8.42 Å². The van der Waals surface area contributed by atoms with Gasteiger partial charge in [-0.3, -0.25) is 4.68 Å². The van der Waals surface area contributed by atoms with E-state index < -0.39 is 10.0 Å². The molecule has 1 aromatic carbocycles. The number of benzene rings is 1. The average Bonchev–Trinajstić information content (AvgIpc) is 3.33. The zero-order valence-electron chi connectivity index (χ0n) is 14.8. The number of sulfonamides is 1. The third kappa shape index (κ3) is 3.54. The van der Waals surface area contributed by atoms with Gasteiger partial charge in [0.2, 0.25) is 5.95 Å². The van der Waals surface area contributed by atoms with Crippen molar-refractivity contribution in [1.82, 2.24) is 19.7 Å². The molecule has 4 rings (SSSR count). The van der Waals surface area contributed by atoms with Crippen LogP contribution >= 0.6 is 11.6 Å². The van der Waals surface area contributed by atoms with Gasteiger partial charge < -0.3 is 0 Å². The minimum Gasteiger partial charge on any atom is -0.274 e. The molecule has 3 aromatic rings. The Labute approximate surface area is 162 Å². The van der Waals surface area contributed by atoms with Gasteiger partial charge in [-0.05, 0) is 31.2 Å². The molecular formula is C18H18ClN5O2S. The third-order valence-electron chi connectivity index (χ3n) is 4.50. The van der Waals surface area contributed by atoms with Gasteiger partial charge in [-0.2, -0.15) is 10.1 Å². The summed E-state index contributed by atoms with van der Waals surface area (Å²) in [6, 6.07) is 7.82. The summed E-state index contributed by atoms with van der Waals surface area (Å²) in [5.41, 5.74) is 3.52. The summed E-state index contributed by atoms with van der Waals surface area (Å²) < 4.78 is 29.0. The highest BCUT2D eigenvalue weighted by atomic mass is 35.5. The minimum absolute atomic E-state index is 0.0356. The Morgan fingerprint density at radius 1 is 1.22 bits per heavy atom. The fourth-order valence-electron chi connectivity index (χ4n) is 2.98. The number of hydrogen-bond donors (Lipinski definition) is 1. The number of nitrogens with zero attached hydrogens (tertiary/aromatic N) is 4. The standard InChI is InChI=1S/C18H18ClN5O2S/c1-11-5-3-4-6-14(11)16-15(12-7-8-12)17(19)22-18(21-16)23-27(25,26)13-9-20-24(2)10-13/h3-6,9-10,12H,7-8H2,1-2H3,(H,21,22,23). The molecule has 0 unspecified atom stereocenters. The van der Waals surface area contributed by atoms with Crippen LogP contribution in [0, 0.1) is 6.92 Å². The monoisotopic (exact) mass is 403 g/mol. The van der Waals surface area contributed by atoms with E-state index in [4.69, 9.17) is 11.6 Å². The normalized spacial score (nSPS) is 14.3. The number of nitrogens with one attached hydrogen (secondary N) is 1. The molecule has 0 atom stereocenters. The van der Waals surface area contributed by atoms with Gasteiger partial charge in [0.25, 0.3) is 10.0 Å². The molecule has 2 aromatic heterocycles. The SMILES string of the molecule is Cc1ccccc1-c1nc(NS(=O)(=O)c2cnn(C)c2)nc(Cl)c1C1CC1. The van der Waals surface area contributed by atoms with E-state index in [0.29, 0.717) is 11.6 Å². The predicted molar refractivity (Wildman–Crippen MR) is 103 cm³/mol. The van der Waals surface area contributed by atoms with E-state index in [1.807, 2.05) is 31.2 Å². The number of rotatable bonds is 5. The highest BCUT2D eigenvalue weighted by Crippen LogP contribution is 2.47. The lowest BCUT2D eigenvalue weighted by Crippen LogP contribution is -2.15. The van der Waals surface area contributed by atoms with Crippen molar-refractivity contribution in [3.8, 4) is 11.3 Å². The van der Waals surface area contributed by atoms with Crippen LogP contribution in [0.4, 0.5) is 5.95 Å². The van der Waals surface area contributed by atoms with Gasteiger partial charge in [0.15, 0.2) is 0 Å². The zero-order valence-corrected chi connectivity index (χ0v) is 16.4. The maximum absolute atomic E-state index is 12.6. The molecular weight excluding hydrogens is 386 g/mol. The minimum atomic E-state index is -3.85. The molecule has 2 heterocycles. The molecule has 140 valence electrons. The van der Waals surface area contributed by atoms with Crippen molar-refractivity contribution in [3.05, 3.63) is 52.9 Å². The van der Waals surface area contributed by atoms with Gasteiger partial charge >= 0.3 is 0 Å². The second-order valence-electron chi connectivity index (χ2n) is 6.64. The molecule has 0 spiro atoms. The number of aromatic nitrogens is 4. The van der Waals surface area contributed by atoms with Gasteiger partial charge in [0, 0.05) is 24.4 Å². The van der Waals surface area contributed by atoms with Crippen molar-refractivity contribution in [2.75, 3.05) is 4.72 Å². The number of hydrogen-bond acceptors (Lipinski definition) is 5. The summed E-state index contributed by atoms with van der Waals surface area (Å²) in [6.07, 6.45) is 4.74. The second-order valence-corrected chi connectivity index (χ2v) is 8.69. The summed E-state index contributed by atoms with van der Waals surface area (Å²) in [7, 11) is -2.21. The van der Waals surface area contributed by atoms with Crippen molar-refractivity contribution in [2.24, 2.45) is 7.05 Å². The van der Waals surface area contributed by atoms with Gasteiger partial charge in [-0.1, -0.05) is 35.9 Å². The summed E-state index contributed by atoms with van der Waals surface area (Å²) in [5.74, 6) is 0.266. The van der Waals surface area contributed by atoms with Crippen LogP contribution in [0.1, 0.15) is 29.9 Å². The van der Waals surface area contributed by atoms with E-state index in [2.05, 4.69) is 19.8 Å². The predicted octanol–water partition coefficient (Wildman–Crippen LogP) is 3.52. The molecule has 1 N–H and O–H groups in total. The first-order valence-corrected chi connectivity index (χ1v) is 10.4. The Hall–Kier alpha value is -2.45. The lowest BCUT2D eigenvalue weighted by Gasteiger charge is -2.14. The maximum atomic E-state index is 12.6. The van der Waals surface area contributed by atoms with Gasteiger partial charge in [-0.25, -0.2) is 18.1 Å². The number of aryl methyl sites for hydroxylation is 2. The van der Waals surface area contributed by atoms with Crippen molar-refractivity contribution in [2.45, 2.75) is 30.6 Å². The van der Waals surface area contributed by atoms with Crippen LogP contribution in [0.3, 0.4) is 0 Å². The quantitative estimate of drug-likeness (QED) is 0.658. The van der Waals surface area contributed by atoms with E-state index in [1.165, 1.54) is 17.1 Å². The summed E-state index contributed by atoms with van der Waals surface area (Å²) in [4.78, 5) is 8.77. The first-order valence-electron chi connectivity index (χ1n) is 8.50. The highest BCUT2D eigenvalue weighted by Gasteiger charge is 2.32. The number of halogens is 1. The van der Waals surface area contributed by atoms with E-state index in [9.17, 15) is 8.42 Å². The fraction of sp³-hybridized carbons (Fsp3) is 0.278. The molecule has 27 heavy (non-hydrogen) atoms. The highest BCUT2D eigenvalue weighted by molar-refractivity contribution is 7.92. The smallest absolute Gasteiger partial charge is 0.267 e. The first-order chi connectivity index (χ1) is 12.8. The van der Waals surface area contributed by atoms with Crippen molar-refractivity contribution in [1.29, 1.82) is 0 Å². The maximum Gasteiger partial charge on any atom is 0.267 e. The fourth-order valence-corrected chi connectivity index (χ4v) is 4.23. The molecule has 0 amide bonds. The van der Waals surface area contributed by atoms with E-state index >= 15 is 0 Å². The summed E-state index contributed by atoms with van der Waals surface area (Å²) in [5, 5.41) is 4.18. The van der Waals surface area contributed by atoms with Crippen LogP contribution in [0.25, 0.3) is 11.3 Å². The molecule has 0 aliphatic heterocycles. The largest absolute Gasteiger partial charge is 0.274 e. The Morgan fingerprint density at radius 2 is 1.96 bits per heavy atom. The van der Waals surface area contributed by atoms with E-state index in [0.717, 1.165) is 29.5 Å². The number of anilines is 1. The van der Waals surface area contributed by atoms with Gasteiger partial charge in [0.05, 0.1) is 11.9 Å². The zero-order chi connectivity index (χ0) is 19.2. The average molecular weight is 404 g/mol. The molecule has 0 saturated heterocycles. The Bertz CT molecular complexity index is 1120. The molecule has 9 heteroatoms. The third-order valence-corrected chi connectivity index (χ3v) is 6.07. The van der Waals surface area contributed by atoms with Crippen molar-refractivity contribution in [3.63, 3.8) is 0 Å². The second kappa shape index (κ2) is 6.61. The summed E-state index contributed by atoms with van der Waals surface area (Å²) in [6.45, 7) is 1.99. The topological polar surface area (TPSA) is 89.8 Å². The van der Waals surface area contributed by atoms with Crippen LogP contribution in [0.15, 0.2) is 41.6 Å². The van der Waals surface area contributed by atoms with Crippen molar-refractivity contribution >= 4 is 27.6 Å². The molecule has 0 bridgehead atoms. The van der Waals surface area contributed by atoms with Crippen LogP contribution in [0.5, 0.6) is 0 Å². The first kappa shape index (κ1) is 17.9. The van der Waals surface area contributed by atoms with Crippen LogP contribution in [-0.4, -0.2) is 28.2 Å². The van der Waals surface area contributed by atoms with Crippen LogP contribution in [0.2, 0.25) is 5.15 Å². The molecule has 0 radical (unpaired) electrons. The van der Waals surface area contributed by atoms with Crippen LogP contribution in [-0.2, 0) is 17.1 Å². The Balaban J connectivity index is 1.80. The van der Waals surface area contributed by atoms with Crippen LogP contribution < -0.4 is 4.72 Å². The molecule has 1 saturated carbocycles. The Kier molecular flexibility index (Phi) is 4.39. The molecule has 7 nitrogen and oxygen atoms in total. The van der Waals surface area contributed by atoms with Gasteiger partial charge in [0.1, 0.15) is 10.0 Å². The van der Waals surface area contributed by atoms with E-state index in [1.54, 1.807) is 7.05 Å². The summed E-state index contributed by atoms with van der Waals surface area (Å²) >= 11 is 6.45. The lowest BCUT2D eigenvalue weighted by molar-refractivity contribution is 0.600. The lowest BCUT2D eigenvalue weighted by atomic mass is 10.00. The molecule has 1 fully saturated rings.